The van der Waals surface area contributed by atoms with Gasteiger partial charge in [-0.05, 0) is 36.8 Å². The van der Waals surface area contributed by atoms with Gasteiger partial charge in [-0.2, -0.15) is 4.31 Å². The highest BCUT2D eigenvalue weighted by Gasteiger charge is 2.43. The number of nitro benzene ring substituents is 1. The van der Waals surface area contributed by atoms with Crippen LogP contribution in [0.25, 0.3) is 0 Å². The highest BCUT2D eigenvalue weighted by molar-refractivity contribution is 7.89. The Hall–Kier alpha value is -1.42. The third kappa shape index (κ3) is 3.59. The highest BCUT2D eigenvalue weighted by atomic mass is 35.5. The molecule has 3 atom stereocenters. The molecule has 0 amide bonds. The number of halogens is 1. The molecule has 0 spiro atoms. The summed E-state index contributed by atoms with van der Waals surface area (Å²) in [6, 6.07) is 3.76. The molecule has 0 bridgehead atoms. The van der Waals surface area contributed by atoms with Crippen LogP contribution in [0, 0.1) is 22.0 Å². The maximum atomic E-state index is 12.9. The number of rotatable bonds is 4. The van der Waals surface area contributed by atoms with Gasteiger partial charge >= 0.3 is 5.69 Å². The Bertz CT molecular complexity index is 758. The van der Waals surface area contributed by atoms with Gasteiger partial charge in [0.2, 0.25) is 10.0 Å². The average molecular weight is 392 g/mol. The van der Waals surface area contributed by atoms with E-state index in [1.54, 1.807) is 0 Å². The van der Waals surface area contributed by atoms with Crippen LogP contribution in [0.15, 0.2) is 23.1 Å². The van der Waals surface area contributed by atoms with Crippen LogP contribution < -0.4 is 10.5 Å². The number of sulfonamides is 1. The zero-order valence-electron chi connectivity index (χ0n) is 13.8. The number of nitrogens with two attached hydrogens (primary N) is 1. The van der Waals surface area contributed by atoms with Crippen LogP contribution in [-0.2, 0) is 10.0 Å². The van der Waals surface area contributed by atoms with Gasteiger partial charge in [0, 0.05) is 25.2 Å². The van der Waals surface area contributed by atoms with Crippen LogP contribution in [0.4, 0.5) is 5.69 Å². The summed E-state index contributed by atoms with van der Waals surface area (Å²) >= 11 is 0. The van der Waals surface area contributed by atoms with Gasteiger partial charge in [-0.1, -0.05) is 6.42 Å². The van der Waals surface area contributed by atoms with Crippen molar-refractivity contribution >= 4 is 28.1 Å². The Morgan fingerprint density at radius 2 is 2.04 bits per heavy atom. The summed E-state index contributed by atoms with van der Waals surface area (Å²) in [5, 5.41) is 11.1. The minimum absolute atomic E-state index is 0. The van der Waals surface area contributed by atoms with E-state index in [1.807, 2.05) is 0 Å². The van der Waals surface area contributed by atoms with Crippen molar-refractivity contribution in [2.24, 2.45) is 17.6 Å². The van der Waals surface area contributed by atoms with E-state index in [2.05, 4.69) is 0 Å². The molecule has 3 rings (SSSR count). The Labute approximate surface area is 152 Å². The third-order valence-electron chi connectivity index (χ3n) is 5.11. The minimum Gasteiger partial charge on any atom is -0.490 e. The maximum Gasteiger partial charge on any atom is 0.312 e. The minimum atomic E-state index is -3.78. The van der Waals surface area contributed by atoms with Crippen molar-refractivity contribution < 1.29 is 18.1 Å². The van der Waals surface area contributed by atoms with Gasteiger partial charge in [-0.25, -0.2) is 8.42 Å². The van der Waals surface area contributed by atoms with E-state index in [4.69, 9.17) is 10.5 Å². The van der Waals surface area contributed by atoms with Crippen molar-refractivity contribution in [3.8, 4) is 5.75 Å². The number of hydrogen-bond donors (Lipinski definition) is 1. The molecule has 2 fully saturated rings. The van der Waals surface area contributed by atoms with Crippen molar-refractivity contribution in [3.63, 3.8) is 0 Å². The quantitative estimate of drug-likeness (QED) is 0.617. The van der Waals surface area contributed by atoms with E-state index in [0.29, 0.717) is 13.1 Å². The zero-order valence-corrected chi connectivity index (χ0v) is 15.5. The Balaban J connectivity index is 0.00000225. The molecule has 1 aromatic rings. The van der Waals surface area contributed by atoms with Crippen molar-refractivity contribution in [1.29, 1.82) is 0 Å². The lowest BCUT2D eigenvalue weighted by molar-refractivity contribution is -0.386. The SMILES string of the molecule is COc1ccc(S(=O)(=O)N2CC3CCCC(N)C3C2)cc1[N+](=O)[O-].Cl. The van der Waals surface area contributed by atoms with E-state index < -0.39 is 14.9 Å². The van der Waals surface area contributed by atoms with Crippen LogP contribution in [0.2, 0.25) is 0 Å². The van der Waals surface area contributed by atoms with Gasteiger partial charge < -0.3 is 10.5 Å². The molecule has 1 heterocycles. The summed E-state index contributed by atoms with van der Waals surface area (Å²) in [6.45, 7) is 0.814. The average Bonchev–Trinajstić information content (AvgIpc) is 3.00. The molecule has 25 heavy (non-hydrogen) atoms. The van der Waals surface area contributed by atoms with Crippen LogP contribution in [0.3, 0.4) is 0 Å². The first kappa shape index (κ1) is 19.9. The molecule has 1 aliphatic heterocycles. The van der Waals surface area contributed by atoms with Crippen molar-refractivity contribution in [1.82, 2.24) is 4.31 Å². The fourth-order valence-electron chi connectivity index (χ4n) is 3.79. The fraction of sp³-hybridized carbons (Fsp3) is 0.600. The van der Waals surface area contributed by atoms with Gasteiger partial charge in [-0.3, -0.25) is 10.1 Å². The molecule has 0 aromatic heterocycles. The Kier molecular flexibility index (Phi) is 5.93. The van der Waals surface area contributed by atoms with E-state index in [-0.39, 0.29) is 46.6 Å². The van der Waals surface area contributed by atoms with Gasteiger partial charge in [0.25, 0.3) is 0 Å². The molecule has 1 saturated carbocycles. The predicted molar refractivity (Wildman–Crippen MR) is 94.5 cm³/mol. The monoisotopic (exact) mass is 391 g/mol. The Morgan fingerprint density at radius 1 is 1.32 bits per heavy atom. The normalized spacial score (nSPS) is 26.6. The van der Waals surface area contributed by atoms with E-state index in [0.717, 1.165) is 25.3 Å². The first-order valence-corrected chi connectivity index (χ1v) is 9.36. The van der Waals surface area contributed by atoms with E-state index in [1.165, 1.54) is 23.5 Å². The number of hydrogen-bond acceptors (Lipinski definition) is 6. The number of methoxy groups -OCH3 is 1. The lowest BCUT2D eigenvalue weighted by atomic mass is 9.78. The number of ether oxygens (including phenoxy) is 1. The van der Waals surface area contributed by atoms with Crippen LogP contribution >= 0.6 is 12.4 Å². The number of nitrogens with zero attached hydrogens (tertiary/aromatic N) is 2. The van der Waals surface area contributed by atoms with Crippen LogP contribution in [0.1, 0.15) is 19.3 Å². The summed E-state index contributed by atoms with van der Waals surface area (Å²) in [5.41, 5.74) is 5.78. The van der Waals surface area contributed by atoms with Crippen LogP contribution in [0.5, 0.6) is 5.75 Å². The van der Waals surface area contributed by atoms with Crippen molar-refractivity contribution in [2.45, 2.75) is 30.2 Å². The molecule has 8 nitrogen and oxygen atoms in total. The van der Waals surface area contributed by atoms with E-state index >= 15 is 0 Å². The summed E-state index contributed by atoms with van der Waals surface area (Å²) in [5.74, 6) is 0.481. The molecule has 140 valence electrons. The van der Waals surface area contributed by atoms with Crippen molar-refractivity contribution in [2.75, 3.05) is 20.2 Å². The molecule has 1 aliphatic carbocycles. The van der Waals surface area contributed by atoms with Gasteiger partial charge in [0.1, 0.15) is 0 Å². The Morgan fingerprint density at radius 3 is 2.64 bits per heavy atom. The number of nitro groups is 1. The molecule has 1 saturated heterocycles. The van der Waals surface area contributed by atoms with Crippen LogP contribution in [-0.4, -0.2) is 43.9 Å². The molecular weight excluding hydrogens is 370 g/mol. The highest BCUT2D eigenvalue weighted by Crippen LogP contribution is 2.38. The molecular formula is C15H22ClN3O5S. The second-order valence-electron chi connectivity index (χ2n) is 6.43. The standard InChI is InChI=1S/C15H21N3O5S.ClH/c1-23-15-6-5-11(7-14(15)18(19)20)24(21,22)17-8-10-3-2-4-13(16)12(10)9-17;/h5-7,10,12-13H,2-4,8-9,16H2,1H3;1H. The van der Waals surface area contributed by atoms with Crippen molar-refractivity contribution in [3.05, 3.63) is 28.3 Å². The largest absolute Gasteiger partial charge is 0.490 e. The molecule has 2 aliphatic rings. The molecule has 1 aromatic carbocycles. The summed E-state index contributed by atoms with van der Waals surface area (Å²) in [4.78, 5) is 10.4. The second-order valence-corrected chi connectivity index (χ2v) is 8.37. The zero-order chi connectivity index (χ0) is 17.5. The number of fused-ring (bicyclic) bond motifs is 1. The number of benzene rings is 1. The molecule has 3 unspecified atom stereocenters. The molecule has 0 radical (unpaired) electrons. The summed E-state index contributed by atoms with van der Waals surface area (Å²) < 4.78 is 32.1. The maximum absolute atomic E-state index is 12.9. The smallest absolute Gasteiger partial charge is 0.312 e. The lowest BCUT2D eigenvalue weighted by Gasteiger charge is -2.29. The summed E-state index contributed by atoms with van der Waals surface area (Å²) in [6.07, 6.45) is 2.92. The third-order valence-corrected chi connectivity index (χ3v) is 6.93. The first-order valence-electron chi connectivity index (χ1n) is 7.92. The van der Waals surface area contributed by atoms with Gasteiger partial charge in [0.05, 0.1) is 16.9 Å². The van der Waals surface area contributed by atoms with Gasteiger partial charge in [-0.15, -0.1) is 12.4 Å². The summed E-state index contributed by atoms with van der Waals surface area (Å²) in [7, 11) is -2.48. The fourth-order valence-corrected chi connectivity index (χ4v) is 5.35. The second kappa shape index (κ2) is 7.45. The topological polar surface area (TPSA) is 116 Å². The predicted octanol–water partition coefficient (Wildman–Crippen LogP) is 1.77. The molecule has 2 N–H and O–H groups in total. The first-order chi connectivity index (χ1) is 11.3. The lowest BCUT2D eigenvalue weighted by Crippen LogP contribution is -2.38. The van der Waals surface area contributed by atoms with Gasteiger partial charge in [0.15, 0.2) is 5.75 Å². The van der Waals surface area contributed by atoms with E-state index in [9.17, 15) is 18.5 Å². The molecule has 10 heteroatoms.